The Balaban J connectivity index is 0.00000176. The molecule has 27 heavy (non-hydrogen) atoms. The summed E-state index contributed by atoms with van der Waals surface area (Å²) in [6, 6.07) is 0. The van der Waals surface area contributed by atoms with Crippen LogP contribution in [0.3, 0.4) is 0 Å². The highest BCUT2D eigenvalue weighted by atomic mass is 31.2. The van der Waals surface area contributed by atoms with Gasteiger partial charge in [0, 0.05) is 6.42 Å². The average Bonchev–Trinajstić information content (AvgIpc) is 3.02. The van der Waals surface area contributed by atoms with Crippen molar-refractivity contribution in [2.45, 2.75) is 69.4 Å². The van der Waals surface area contributed by atoms with Crippen molar-refractivity contribution < 1.29 is 46.8 Å². The first kappa shape index (κ1) is 24.8. The summed E-state index contributed by atoms with van der Waals surface area (Å²) in [6.45, 7) is 6.50. The second-order valence-corrected chi connectivity index (χ2v) is 8.73. The Morgan fingerprint density at radius 1 is 1.30 bits per heavy atom. The van der Waals surface area contributed by atoms with Gasteiger partial charge in [0.2, 0.25) is 0 Å². The van der Waals surface area contributed by atoms with E-state index in [1.807, 2.05) is 13.7 Å². The molecule has 2 rings (SSSR count). The number of carbonyl (C=O) groups excluding carboxylic acids is 1. The first-order valence-electron chi connectivity index (χ1n) is 8.30. The van der Waals surface area contributed by atoms with Crippen LogP contribution >= 0.6 is 16.1 Å². The van der Waals surface area contributed by atoms with Gasteiger partial charge in [0.1, 0.15) is 25.1 Å². The largest absolute Gasteiger partial charge is 0.756 e. The number of carbonyl (C=O) groups is 1. The highest BCUT2D eigenvalue weighted by Crippen LogP contribution is 2.49. The molecule has 0 aromatic rings. The predicted molar refractivity (Wildman–Crippen MR) is 91.1 cm³/mol. The van der Waals surface area contributed by atoms with Crippen molar-refractivity contribution >= 4 is 30.7 Å². The molecule has 154 valence electrons. The quantitative estimate of drug-likeness (QED) is 0.396. The standard InChI is InChI=1S/C13H23BO9P2.CH2O/c1-8-4-10(14)11(21-8)6-20-25(17,18)23-13(3)5-9(2)22-12(13)7-19-24(15)16;1-2/h8-12H,4-7H2,1-3H3,(H,17,18);1H2/p-1/t8-,9-,10+,11+,12+,13+;/m0./s1. The van der Waals surface area contributed by atoms with Crippen molar-refractivity contribution in [2.24, 2.45) is 0 Å². The van der Waals surface area contributed by atoms with Crippen molar-refractivity contribution in [3.05, 3.63) is 0 Å². The molecule has 2 aliphatic rings. The highest BCUT2D eigenvalue weighted by Gasteiger charge is 2.48. The summed E-state index contributed by atoms with van der Waals surface area (Å²) < 4.78 is 48.4. The van der Waals surface area contributed by atoms with Crippen LogP contribution < -0.4 is 9.79 Å². The Morgan fingerprint density at radius 3 is 2.44 bits per heavy atom. The fraction of sp³-hybridized carbons (Fsp3) is 0.929. The minimum absolute atomic E-state index is 0.0623. The van der Waals surface area contributed by atoms with E-state index in [1.54, 1.807) is 6.92 Å². The maximum Gasteiger partial charge on any atom is 0.488 e. The van der Waals surface area contributed by atoms with Gasteiger partial charge >= 0.3 is 8.25 Å². The Bertz CT molecular complexity index is 552. The topological polar surface area (TPSA) is 143 Å². The van der Waals surface area contributed by atoms with E-state index < -0.39 is 33.9 Å². The van der Waals surface area contributed by atoms with E-state index in [-0.39, 0.29) is 37.7 Å². The molecule has 2 radical (unpaired) electrons. The molecular weight excluding hydrogens is 401 g/mol. The summed E-state index contributed by atoms with van der Waals surface area (Å²) in [6.07, 6.45) is -0.929. The molecule has 0 bridgehead atoms. The van der Waals surface area contributed by atoms with E-state index in [9.17, 15) is 18.9 Å². The van der Waals surface area contributed by atoms with Gasteiger partial charge in [-0.25, -0.2) is 0 Å². The van der Waals surface area contributed by atoms with Gasteiger partial charge in [-0.1, -0.05) is 0 Å². The van der Waals surface area contributed by atoms with E-state index in [2.05, 4.69) is 4.52 Å². The molecule has 0 saturated carbocycles. The predicted octanol–water partition coefficient (Wildman–Crippen LogP) is 0.408. The molecule has 0 amide bonds. The number of hydrogen-bond acceptors (Lipinski definition) is 10. The van der Waals surface area contributed by atoms with Gasteiger partial charge in [-0.2, -0.15) is 0 Å². The van der Waals surface area contributed by atoms with Crippen LogP contribution in [0.2, 0.25) is 5.82 Å². The number of hydrogen-bond donors (Lipinski definition) is 0. The Labute approximate surface area is 160 Å². The molecule has 2 saturated heterocycles. The van der Waals surface area contributed by atoms with Gasteiger partial charge in [-0.3, -0.25) is 4.57 Å². The Hall–Kier alpha value is -0.215. The molecule has 0 aromatic carbocycles. The molecule has 0 spiro atoms. The maximum absolute atomic E-state index is 12.2. The molecule has 2 aliphatic heterocycles. The lowest BCUT2D eigenvalue weighted by Gasteiger charge is -2.36. The molecule has 2 unspecified atom stereocenters. The molecule has 2 fully saturated rings. The summed E-state index contributed by atoms with van der Waals surface area (Å²) >= 11 is 0. The average molecular weight is 425 g/mol. The second-order valence-electron chi connectivity index (χ2n) is 6.69. The molecule has 10 nitrogen and oxygen atoms in total. The Kier molecular flexibility index (Phi) is 9.68. The number of rotatable bonds is 8. The monoisotopic (exact) mass is 425 g/mol. The lowest BCUT2D eigenvalue weighted by atomic mass is 9.81. The third kappa shape index (κ3) is 7.61. The van der Waals surface area contributed by atoms with Gasteiger partial charge in [0.15, 0.2) is 0 Å². The third-order valence-electron chi connectivity index (χ3n) is 4.31. The van der Waals surface area contributed by atoms with E-state index in [0.29, 0.717) is 6.42 Å². The van der Waals surface area contributed by atoms with Gasteiger partial charge in [0.05, 0.1) is 32.8 Å². The second kappa shape index (κ2) is 10.5. The van der Waals surface area contributed by atoms with E-state index in [1.165, 1.54) is 6.92 Å². The van der Waals surface area contributed by atoms with E-state index in [0.717, 1.165) is 0 Å². The summed E-state index contributed by atoms with van der Waals surface area (Å²) in [5.41, 5.74) is -1.30. The number of ether oxygens (including phenoxy) is 2. The van der Waals surface area contributed by atoms with Crippen molar-refractivity contribution in [2.75, 3.05) is 13.2 Å². The molecule has 2 heterocycles. The lowest BCUT2D eigenvalue weighted by Crippen LogP contribution is -2.41. The zero-order chi connectivity index (χ0) is 20.8. The van der Waals surface area contributed by atoms with Gasteiger partial charge in [0.25, 0.3) is 7.82 Å². The van der Waals surface area contributed by atoms with E-state index >= 15 is 0 Å². The van der Waals surface area contributed by atoms with Crippen molar-refractivity contribution in [1.29, 1.82) is 0 Å². The van der Waals surface area contributed by atoms with Gasteiger partial charge in [-0.15, -0.1) is 4.52 Å². The normalized spacial score (nSPS) is 38.7. The fourth-order valence-electron chi connectivity index (χ4n) is 3.21. The van der Waals surface area contributed by atoms with Crippen LogP contribution in [0.1, 0.15) is 33.6 Å². The van der Waals surface area contributed by atoms with Gasteiger partial charge < -0.3 is 33.1 Å². The van der Waals surface area contributed by atoms with Gasteiger partial charge in [-0.05, 0) is 37.6 Å². The fourth-order valence-corrected chi connectivity index (χ4v) is 4.56. The van der Waals surface area contributed by atoms with Crippen LogP contribution in [0.4, 0.5) is 0 Å². The maximum atomic E-state index is 12.2. The van der Waals surface area contributed by atoms with Crippen LogP contribution in [-0.2, 0) is 37.0 Å². The highest BCUT2D eigenvalue weighted by molar-refractivity contribution is 7.45. The molecular formula is C14H24BO10P2-. The molecule has 8 atom stereocenters. The number of phosphoric ester groups is 1. The van der Waals surface area contributed by atoms with Crippen LogP contribution in [-0.4, -0.2) is 57.9 Å². The zero-order valence-electron chi connectivity index (χ0n) is 15.5. The van der Waals surface area contributed by atoms with Crippen molar-refractivity contribution in [3.63, 3.8) is 0 Å². The van der Waals surface area contributed by atoms with Crippen LogP contribution in [0, 0.1) is 0 Å². The van der Waals surface area contributed by atoms with Crippen LogP contribution in [0.15, 0.2) is 0 Å². The molecule has 13 heteroatoms. The smallest absolute Gasteiger partial charge is 0.488 e. The zero-order valence-corrected chi connectivity index (χ0v) is 17.3. The molecule has 0 N–H and O–H groups in total. The van der Waals surface area contributed by atoms with E-state index in [4.69, 9.17) is 31.2 Å². The minimum Gasteiger partial charge on any atom is -0.756 e. The number of phosphoric acid groups is 1. The molecule has 0 aromatic heterocycles. The lowest BCUT2D eigenvalue weighted by molar-refractivity contribution is -0.241. The Morgan fingerprint density at radius 2 is 1.93 bits per heavy atom. The summed E-state index contributed by atoms with van der Waals surface area (Å²) in [5, 5.41) is 0. The first-order chi connectivity index (χ1) is 12.5. The van der Waals surface area contributed by atoms with Crippen LogP contribution in [0.5, 0.6) is 0 Å². The summed E-state index contributed by atoms with van der Waals surface area (Å²) in [7, 11) is -1.90. The van der Waals surface area contributed by atoms with Crippen molar-refractivity contribution in [3.8, 4) is 0 Å². The summed E-state index contributed by atoms with van der Waals surface area (Å²) in [5.74, 6) is -0.310. The van der Waals surface area contributed by atoms with Crippen molar-refractivity contribution in [1.82, 2.24) is 0 Å². The van der Waals surface area contributed by atoms with Crippen LogP contribution in [0.25, 0.3) is 0 Å². The SMILES string of the molecule is C=O.[B][C@@H]1C[C@H](C)O[C@@H]1COP(=O)([O-])O[C@]1(C)C[C@H](C)O[C@@H]1CO[P+](=O)[O-]. The summed E-state index contributed by atoms with van der Waals surface area (Å²) in [4.78, 5) is 30.8. The first-order valence-corrected chi connectivity index (χ1v) is 10.9. The minimum atomic E-state index is -4.69. The molecule has 0 aliphatic carbocycles. The third-order valence-corrected chi connectivity index (χ3v) is 5.77.